The highest BCUT2D eigenvalue weighted by Crippen LogP contribution is 2.33. The average Bonchev–Trinajstić information content (AvgIpc) is 2.54. The zero-order valence-corrected chi connectivity index (χ0v) is 12.1. The summed E-state index contributed by atoms with van der Waals surface area (Å²) in [7, 11) is 1.55. The SMILES string of the molecule is COc1ccc2c(c1)NC(=O)CN2C(=O)Cc1ccccn1. The van der Waals surface area contributed by atoms with Crippen LogP contribution in [0.4, 0.5) is 11.4 Å². The summed E-state index contributed by atoms with van der Waals surface area (Å²) in [5.74, 6) is 0.230. The zero-order chi connectivity index (χ0) is 15.5. The van der Waals surface area contributed by atoms with E-state index in [0.29, 0.717) is 22.8 Å². The number of amides is 2. The molecule has 22 heavy (non-hydrogen) atoms. The second kappa shape index (κ2) is 5.85. The third-order valence-electron chi connectivity index (χ3n) is 3.43. The van der Waals surface area contributed by atoms with E-state index in [0.717, 1.165) is 0 Å². The molecule has 6 heteroatoms. The van der Waals surface area contributed by atoms with Gasteiger partial charge in [-0.1, -0.05) is 6.07 Å². The lowest BCUT2D eigenvalue weighted by Crippen LogP contribution is -2.42. The summed E-state index contributed by atoms with van der Waals surface area (Å²) in [6.45, 7) is 0.00496. The number of hydrogen-bond acceptors (Lipinski definition) is 4. The third-order valence-corrected chi connectivity index (χ3v) is 3.43. The molecule has 1 aliphatic heterocycles. The van der Waals surface area contributed by atoms with Crippen molar-refractivity contribution in [2.75, 3.05) is 23.9 Å². The Kier molecular flexibility index (Phi) is 3.74. The molecule has 2 amide bonds. The average molecular weight is 297 g/mol. The minimum Gasteiger partial charge on any atom is -0.497 e. The van der Waals surface area contributed by atoms with Gasteiger partial charge in [-0.3, -0.25) is 14.6 Å². The first kappa shape index (κ1) is 14.1. The molecule has 1 aliphatic rings. The Morgan fingerprint density at radius 1 is 1.36 bits per heavy atom. The lowest BCUT2D eigenvalue weighted by atomic mass is 10.1. The van der Waals surface area contributed by atoms with E-state index in [-0.39, 0.29) is 24.8 Å². The number of aromatic nitrogens is 1. The summed E-state index contributed by atoms with van der Waals surface area (Å²) < 4.78 is 5.14. The predicted molar refractivity (Wildman–Crippen MR) is 81.9 cm³/mol. The molecule has 112 valence electrons. The minimum atomic E-state index is -0.227. The number of ether oxygens (including phenoxy) is 1. The van der Waals surface area contributed by atoms with Gasteiger partial charge in [0.25, 0.3) is 0 Å². The molecule has 1 aromatic heterocycles. The number of carbonyl (C=O) groups excluding carboxylic acids is 2. The number of nitrogens with zero attached hydrogens (tertiary/aromatic N) is 2. The van der Waals surface area contributed by atoms with E-state index in [2.05, 4.69) is 10.3 Å². The first-order valence-electron chi connectivity index (χ1n) is 6.85. The molecule has 0 bridgehead atoms. The number of methoxy groups -OCH3 is 1. The van der Waals surface area contributed by atoms with Gasteiger partial charge in [-0.15, -0.1) is 0 Å². The molecule has 0 aliphatic carbocycles. The molecule has 0 spiro atoms. The van der Waals surface area contributed by atoms with Crippen molar-refractivity contribution in [2.24, 2.45) is 0 Å². The van der Waals surface area contributed by atoms with Gasteiger partial charge in [-0.2, -0.15) is 0 Å². The first-order chi connectivity index (χ1) is 10.7. The Morgan fingerprint density at radius 2 is 2.23 bits per heavy atom. The lowest BCUT2D eigenvalue weighted by Gasteiger charge is -2.29. The summed E-state index contributed by atoms with van der Waals surface area (Å²) in [5.41, 5.74) is 1.92. The van der Waals surface area contributed by atoms with E-state index in [4.69, 9.17) is 4.74 Å². The Bertz CT molecular complexity index is 716. The highest BCUT2D eigenvalue weighted by atomic mass is 16.5. The predicted octanol–water partition coefficient (Wildman–Crippen LogP) is 1.62. The van der Waals surface area contributed by atoms with Crippen LogP contribution in [-0.4, -0.2) is 30.5 Å². The summed E-state index contributed by atoms with van der Waals surface area (Å²) in [6, 6.07) is 10.6. The van der Waals surface area contributed by atoms with Crippen LogP contribution in [0.25, 0.3) is 0 Å². The van der Waals surface area contributed by atoms with Crippen molar-refractivity contribution >= 4 is 23.2 Å². The number of fused-ring (bicyclic) bond motifs is 1. The highest BCUT2D eigenvalue weighted by molar-refractivity contribution is 6.10. The van der Waals surface area contributed by atoms with Crippen LogP contribution in [0.15, 0.2) is 42.6 Å². The largest absolute Gasteiger partial charge is 0.497 e. The quantitative estimate of drug-likeness (QED) is 0.934. The van der Waals surface area contributed by atoms with Crippen LogP contribution in [-0.2, 0) is 16.0 Å². The smallest absolute Gasteiger partial charge is 0.244 e. The van der Waals surface area contributed by atoms with Gasteiger partial charge in [0.15, 0.2) is 0 Å². The molecule has 1 aromatic carbocycles. The normalized spacial score (nSPS) is 13.3. The summed E-state index contributed by atoms with van der Waals surface area (Å²) in [5, 5.41) is 2.75. The molecule has 2 heterocycles. The van der Waals surface area contributed by atoms with Crippen molar-refractivity contribution in [2.45, 2.75) is 6.42 Å². The minimum absolute atomic E-state index is 0.00496. The van der Waals surface area contributed by atoms with Crippen LogP contribution in [0.3, 0.4) is 0 Å². The number of nitrogens with one attached hydrogen (secondary N) is 1. The van der Waals surface area contributed by atoms with Crippen molar-refractivity contribution in [3.8, 4) is 5.75 Å². The van der Waals surface area contributed by atoms with Gasteiger partial charge in [0.05, 0.1) is 24.9 Å². The van der Waals surface area contributed by atoms with E-state index in [1.165, 1.54) is 4.90 Å². The maximum absolute atomic E-state index is 12.5. The van der Waals surface area contributed by atoms with Gasteiger partial charge in [-0.05, 0) is 24.3 Å². The standard InChI is InChI=1S/C16H15N3O3/c1-22-12-5-6-14-13(9-12)18-15(20)10-19(14)16(21)8-11-4-2-3-7-17-11/h2-7,9H,8,10H2,1H3,(H,18,20). The number of benzene rings is 1. The van der Waals surface area contributed by atoms with Crippen molar-refractivity contribution in [1.82, 2.24) is 4.98 Å². The van der Waals surface area contributed by atoms with Gasteiger partial charge in [0.2, 0.25) is 11.8 Å². The Labute approximate surface area is 127 Å². The van der Waals surface area contributed by atoms with E-state index >= 15 is 0 Å². The van der Waals surface area contributed by atoms with Crippen LogP contribution in [0, 0.1) is 0 Å². The molecule has 6 nitrogen and oxygen atoms in total. The van der Waals surface area contributed by atoms with Crippen LogP contribution in [0.2, 0.25) is 0 Å². The van der Waals surface area contributed by atoms with E-state index in [1.807, 2.05) is 6.07 Å². The zero-order valence-electron chi connectivity index (χ0n) is 12.1. The monoisotopic (exact) mass is 297 g/mol. The Hall–Kier alpha value is -2.89. The summed E-state index contributed by atoms with van der Waals surface area (Å²) in [6.07, 6.45) is 1.80. The molecule has 1 N–H and O–H groups in total. The number of rotatable bonds is 3. The number of carbonyl (C=O) groups is 2. The molecular formula is C16H15N3O3. The molecule has 0 saturated heterocycles. The van der Waals surface area contributed by atoms with Crippen LogP contribution in [0.1, 0.15) is 5.69 Å². The maximum Gasteiger partial charge on any atom is 0.244 e. The summed E-state index contributed by atoms with van der Waals surface area (Å²) >= 11 is 0. The fourth-order valence-corrected chi connectivity index (χ4v) is 2.37. The first-order valence-corrected chi connectivity index (χ1v) is 6.85. The van der Waals surface area contributed by atoms with Gasteiger partial charge >= 0.3 is 0 Å². The second-order valence-electron chi connectivity index (χ2n) is 4.91. The molecule has 2 aromatic rings. The molecule has 3 rings (SSSR count). The second-order valence-corrected chi connectivity index (χ2v) is 4.91. The Morgan fingerprint density at radius 3 is 2.95 bits per heavy atom. The third kappa shape index (κ3) is 2.76. The fourth-order valence-electron chi connectivity index (χ4n) is 2.37. The molecule has 0 saturated carbocycles. The number of pyridine rings is 1. The molecule has 0 atom stereocenters. The topological polar surface area (TPSA) is 71.5 Å². The molecule has 0 radical (unpaired) electrons. The van der Waals surface area contributed by atoms with Gasteiger partial charge in [0.1, 0.15) is 12.3 Å². The maximum atomic E-state index is 12.5. The highest BCUT2D eigenvalue weighted by Gasteiger charge is 2.27. The van der Waals surface area contributed by atoms with Crippen LogP contribution < -0.4 is 15.0 Å². The van der Waals surface area contributed by atoms with Crippen LogP contribution in [0.5, 0.6) is 5.75 Å². The number of anilines is 2. The molecule has 0 fully saturated rings. The van der Waals surface area contributed by atoms with E-state index < -0.39 is 0 Å². The van der Waals surface area contributed by atoms with Crippen molar-refractivity contribution < 1.29 is 14.3 Å². The fraction of sp³-hybridized carbons (Fsp3) is 0.188. The van der Waals surface area contributed by atoms with Crippen molar-refractivity contribution in [3.05, 3.63) is 48.3 Å². The van der Waals surface area contributed by atoms with Gasteiger partial charge in [0, 0.05) is 18.0 Å². The van der Waals surface area contributed by atoms with E-state index in [9.17, 15) is 9.59 Å². The molecule has 0 unspecified atom stereocenters. The Balaban J connectivity index is 1.88. The van der Waals surface area contributed by atoms with Crippen LogP contribution >= 0.6 is 0 Å². The van der Waals surface area contributed by atoms with Crippen molar-refractivity contribution in [1.29, 1.82) is 0 Å². The van der Waals surface area contributed by atoms with Crippen molar-refractivity contribution in [3.63, 3.8) is 0 Å². The van der Waals surface area contributed by atoms with Gasteiger partial charge < -0.3 is 15.0 Å². The van der Waals surface area contributed by atoms with Gasteiger partial charge in [-0.25, -0.2) is 0 Å². The van der Waals surface area contributed by atoms with E-state index in [1.54, 1.807) is 43.6 Å². The molecular weight excluding hydrogens is 282 g/mol. The number of hydrogen-bond donors (Lipinski definition) is 1. The lowest BCUT2D eigenvalue weighted by molar-refractivity contribution is -0.121. The summed E-state index contributed by atoms with van der Waals surface area (Å²) in [4.78, 5) is 30.0.